The Labute approximate surface area is 111 Å². The first-order valence-electron chi connectivity index (χ1n) is 6.76. The molecule has 2 aromatic heterocycles. The summed E-state index contributed by atoms with van der Waals surface area (Å²) < 4.78 is 1.90. The van der Waals surface area contributed by atoms with Gasteiger partial charge in [-0.3, -0.25) is 4.79 Å². The van der Waals surface area contributed by atoms with Crippen molar-refractivity contribution in [1.82, 2.24) is 20.0 Å². The lowest BCUT2D eigenvalue weighted by Crippen LogP contribution is -2.48. The van der Waals surface area contributed by atoms with Crippen LogP contribution >= 0.6 is 0 Å². The minimum Gasteiger partial charge on any atom is -0.346 e. The maximum atomic E-state index is 12.2. The molecule has 2 bridgehead atoms. The van der Waals surface area contributed by atoms with E-state index in [0.717, 1.165) is 24.4 Å². The molecule has 0 aromatic carbocycles. The fraction of sp³-hybridized carbons (Fsp3) is 0.429. The van der Waals surface area contributed by atoms with Crippen molar-refractivity contribution in [3.05, 3.63) is 36.4 Å². The molecule has 2 aliphatic rings. The van der Waals surface area contributed by atoms with Gasteiger partial charge in [0.15, 0.2) is 0 Å². The number of nitrogens with one attached hydrogen (secondary N) is 2. The second-order valence-corrected chi connectivity index (χ2v) is 5.55. The Balaban J connectivity index is 1.53. The van der Waals surface area contributed by atoms with Crippen LogP contribution in [0.15, 0.2) is 30.7 Å². The summed E-state index contributed by atoms with van der Waals surface area (Å²) >= 11 is 0. The molecule has 5 heteroatoms. The molecule has 98 valence electrons. The molecule has 4 rings (SSSR count). The number of carbonyl (C=O) groups excluding carboxylic acids is 1. The topological polar surface area (TPSA) is 58.4 Å². The van der Waals surface area contributed by atoms with E-state index in [1.807, 2.05) is 28.8 Å². The van der Waals surface area contributed by atoms with E-state index in [1.165, 1.54) is 6.42 Å². The molecule has 2 N–H and O–H groups in total. The highest BCUT2D eigenvalue weighted by Crippen LogP contribution is 2.31. The van der Waals surface area contributed by atoms with Gasteiger partial charge in [-0.05, 0) is 43.5 Å². The molecule has 1 saturated heterocycles. The Morgan fingerprint density at radius 1 is 1.47 bits per heavy atom. The third kappa shape index (κ3) is 1.81. The van der Waals surface area contributed by atoms with E-state index in [0.29, 0.717) is 11.7 Å². The summed E-state index contributed by atoms with van der Waals surface area (Å²) in [6.45, 7) is 1.10. The largest absolute Gasteiger partial charge is 0.346 e. The minimum absolute atomic E-state index is 0.0666. The van der Waals surface area contributed by atoms with Crippen LogP contribution in [0.1, 0.15) is 23.3 Å². The summed E-state index contributed by atoms with van der Waals surface area (Å²) in [7, 11) is 0. The SMILES string of the molecule is O=C(N[C@H]1C[C@H]2CN[C@H]1C2)c1cc2cccn2cn1. The van der Waals surface area contributed by atoms with E-state index >= 15 is 0 Å². The molecule has 0 spiro atoms. The molecule has 0 radical (unpaired) electrons. The van der Waals surface area contributed by atoms with Crippen LogP contribution in [0.3, 0.4) is 0 Å². The molecule has 3 heterocycles. The van der Waals surface area contributed by atoms with Crippen molar-refractivity contribution in [2.24, 2.45) is 5.92 Å². The van der Waals surface area contributed by atoms with Crippen molar-refractivity contribution in [3.8, 4) is 0 Å². The molecule has 1 amide bonds. The molecule has 2 aromatic rings. The van der Waals surface area contributed by atoms with E-state index in [2.05, 4.69) is 15.6 Å². The molecule has 1 aliphatic heterocycles. The van der Waals surface area contributed by atoms with Crippen LogP contribution in [0.2, 0.25) is 0 Å². The predicted molar refractivity (Wildman–Crippen MR) is 71.0 cm³/mol. The van der Waals surface area contributed by atoms with Crippen LogP contribution in [-0.2, 0) is 0 Å². The first kappa shape index (κ1) is 11.0. The van der Waals surface area contributed by atoms with Gasteiger partial charge in [0.05, 0.1) is 6.33 Å². The summed E-state index contributed by atoms with van der Waals surface area (Å²) in [5.74, 6) is 0.666. The van der Waals surface area contributed by atoms with Crippen molar-refractivity contribution in [3.63, 3.8) is 0 Å². The van der Waals surface area contributed by atoms with Gasteiger partial charge >= 0.3 is 0 Å². The second-order valence-electron chi connectivity index (χ2n) is 5.55. The van der Waals surface area contributed by atoms with E-state index in [9.17, 15) is 4.79 Å². The summed E-state index contributed by atoms with van der Waals surface area (Å²) in [6.07, 6.45) is 5.89. The molecule has 2 fully saturated rings. The van der Waals surface area contributed by atoms with Gasteiger partial charge in [-0.15, -0.1) is 0 Å². The van der Waals surface area contributed by atoms with Gasteiger partial charge in [-0.1, -0.05) is 0 Å². The van der Waals surface area contributed by atoms with E-state index in [-0.39, 0.29) is 11.9 Å². The number of nitrogens with zero attached hydrogens (tertiary/aromatic N) is 2. The Morgan fingerprint density at radius 2 is 2.42 bits per heavy atom. The van der Waals surface area contributed by atoms with Crippen LogP contribution in [0.5, 0.6) is 0 Å². The molecule has 3 atom stereocenters. The highest BCUT2D eigenvalue weighted by molar-refractivity contribution is 5.93. The zero-order chi connectivity index (χ0) is 12.8. The Kier molecular flexibility index (Phi) is 2.35. The number of fused-ring (bicyclic) bond motifs is 3. The van der Waals surface area contributed by atoms with E-state index in [1.54, 1.807) is 6.33 Å². The van der Waals surface area contributed by atoms with E-state index in [4.69, 9.17) is 0 Å². The average molecular weight is 256 g/mol. The predicted octanol–water partition coefficient (Wildman–Crippen LogP) is 0.814. The molecule has 1 aliphatic carbocycles. The number of aromatic nitrogens is 2. The van der Waals surface area contributed by atoms with Crippen LogP contribution in [0.25, 0.3) is 5.52 Å². The summed E-state index contributed by atoms with van der Waals surface area (Å²) in [5.41, 5.74) is 1.49. The Hall–Kier alpha value is -1.88. The standard InChI is InChI=1S/C14H16N4O/c19-14(17-12-5-9-4-11(12)15-7-9)13-6-10-2-1-3-18(10)8-16-13/h1-3,6,8-9,11-12,15H,4-5,7H2,(H,17,19)/t9-,11-,12-/m0/s1. The van der Waals surface area contributed by atoms with Crippen molar-refractivity contribution < 1.29 is 4.79 Å². The molecule has 5 nitrogen and oxygen atoms in total. The number of hydrogen-bond donors (Lipinski definition) is 2. The highest BCUT2D eigenvalue weighted by Gasteiger charge is 2.40. The van der Waals surface area contributed by atoms with Crippen molar-refractivity contribution >= 4 is 11.4 Å². The van der Waals surface area contributed by atoms with Crippen molar-refractivity contribution in [1.29, 1.82) is 0 Å². The van der Waals surface area contributed by atoms with Crippen molar-refractivity contribution in [2.75, 3.05) is 6.54 Å². The third-order valence-corrected chi connectivity index (χ3v) is 4.30. The Morgan fingerprint density at radius 3 is 3.21 bits per heavy atom. The summed E-state index contributed by atoms with van der Waals surface area (Å²) in [4.78, 5) is 16.4. The average Bonchev–Trinajstić information content (AvgIpc) is 3.13. The fourth-order valence-electron chi connectivity index (χ4n) is 3.32. The monoisotopic (exact) mass is 256 g/mol. The zero-order valence-corrected chi connectivity index (χ0v) is 10.5. The zero-order valence-electron chi connectivity index (χ0n) is 10.5. The lowest BCUT2D eigenvalue weighted by Gasteiger charge is -2.23. The molecule has 0 unspecified atom stereocenters. The normalized spacial score (nSPS) is 28.9. The number of rotatable bonds is 2. The molecular formula is C14H16N4O. The van der Waals surface area contributed by atoms with Crippen LogP contribution < -0.4 is 10.6 Å². The lowest BCUT2D eigenvalue weighted by atomic mass is 10.1. The quantitative estimate of drug-likeness (QED) is 0.836. The number of hydrogen-bond acceptors (Lipinski definition) is 3. The lowest BCUT2D eigenvalue weighted by molar-refractivity contribution is 0.0923. The first-order valence-corrected chi connectivity index (χ1v) is 6.76. The summed E-state index contributed by atoms with van der Waals surface area (Å²) in [6, 6.07) is 6.45. The van der Waals surface area contributed by atoms with Crippen LogP contribution in [0.4, 0.5) is 0 Å². The first-order chi connectivity index (χ1) is 9.29. The van der Waals surface area contributed by atoms with E-state index < -0.39 is 0 Å². The van der Waals surface area contributed by atoms with Crippen molar-refractivity contribution in [2.45, 2.75) is 24.9 Å². The number of carbonyl (C=O) groups is 1. The van der Waals surface area contributed by atoms with Crippen LogP contribution in [-0.4, -0.2) is 33.9 Å². The molecule has 19 heavy (non-hydrogen) atoms. The van der Waals surface area contributed by atoms with Gasteiger partial charge in [-0.2, -0.15) is 0 Å². The molecular weight excluding hydrogens is 240 g/mol. The maximum absolute atomic E-state index is 12.2. The van der Waals surface area contributed by atoms with Gasteiger partial charge in [-0.25, -0.2) is 4.98 Å². The van der Waals surface area contributed by atoms with Crippen LogP contribution in [0, 0.1) is 5.92 Å². The third-order valence-electron chi connectivity index (χ3n) is 4.30. The molecule has 1 saturated carbocycles. The van der Waals surface area contributed by atoms with Gasteiger partial charge in [0.2, 0.25) is 0 Å². The number of piperidine rings is 1. The fourth-order valence-corrected chi connectivity index (χ4v) is 3.32. The minimum atomic E-state index is -0.0666. The van der Waals surface area contributed by atoms with Gasteiger partial charge in [0.25, 0.3) is 5.91 Å². The van der Waals surface area contributed by atoms with Gasteiger partial charge in [0, 0.05) is 23.8 Å². The smallest absolute Gasteiger partial charge is 0.270 e. The summed E-state index contributed by atoms with van der Waals surface area (Å²) in [5, 5.41) is 6.56. The van der Waals surface area contributed by atoms with Gasteiger partial charge in [0.1, 0.15) is 5.69 Å². The Bertz CT molecular complexity index is 635. The number of amides is 1. The van der Waals surface area contributed by atoms with Gasteiger partial charge < -0.3 is 15.0 Å². The highest BCUT2D eigenvalue weighted by atomic mass is 16.2. The second kappa shape index (κ2) is 4.06. The maximum Gasteiger partial charge on any atom is 0.270 e.